The first-order valence-corrected chi connectivity index (χ1v) is 8.39. The summed E-state index contributed by atoms with van der Waals surface area (Å²) >= 11 is 0. The molecule has 8 nitrogen and oxygen atoms in total. The van der Waals surface area contributed by atoms with Gasteiger partial charge in [0, 0.05) is 31.6 Å². The third-order valence-corrected chi connectivity index (χ3v) is 4.58. The molecule has 0 atom stereocenters. The Balaban J connectivity index is 1.46. The minimum absolute atomic E-state index is 0.0566. The fourth-order valence-electron chi connectivity index (χ4n) is 3.21. The minimum atomic E-state index is -0.410. The van der Waals surface area contributed by atoms with E-state index in [1.165, 1.54) is 4.90 Å². The predicted octanol–water partition coefficient (Wildman–Crippen LogP) is 0.782. The summed E-state index contributed by atoms with van der Waals surface area (Å²) in [7, 11) is 0. The van der Waals surface area contributed by atoms with E-state index >= 15 is 0 Å². The Morgan fingerprint density at radius 2 is 1.92 bits per heavy atom. The first-order valence-electron chi connectivity index (χ1n) is 8.39. The Kier molecular flexibility index (Phi) is 4.09. The number of rotatable bonds is 3. The molecule has 0 aliphatic carbocycles. The zero-order chi connectivity index (χ0) is 17.2. The third-order valence-electron chi connectivity index (χ3n) is 4.58. The van der Waals surface area contributed by atoms with E-state index in [0.717, 1.165) is 17.2 Å². The van der Waals surface area contributed by atoms with Gasteiger partial charge in [0.2, 0.25) is 5.91 Å². The molecule has 0 N–H and O–H groups in total. The molecular weight excluding hydrogens is 322 g/mol. The van der Waals surface area contributed by atoms with E-state index in [1.54, 1.807) is 4.90 Å². The minimum Gasteiger partial charge on any atom is -0.448 e. The van der Waals surface area contributed by atoms with Gasteiger partial charge in [0.25, 0.3) is 0 Å². The van der Waals surface area contributed by atoms with Crippen LogP contribution in [-0.4, -0.2) is 69.4 Å². The second-order valence-electron chi connectivity index (χ2n) is 6.12. The molecule has 2 aromatic rings. The van der Waals surface area contributed by atoms with Gasteiger partial charge in [0.15, 0.2) is 5.82 Å². The Labute approximate surface area is 145 Å². The Bertz CT molecular complexity index is 789. The molecule has 0 bridgehead atoms. The molecule has 130 valence electrons. The molecule has 2 aliphatic heterocycles. The van der Waals surface area contributed by atoms with E-state index in [0.29, 0.717) is 39.2 Å². The van der Waals surface area contributed by atoms with Crippen LogP contribution in [0.15, 0.2) is 30.3 Å². The fourth-order valence-corrected chi connectivity index (χ4v) is 3.21. The molecule has 8 heteroatoms. The van der Waals surface area contributed by atoms with Crippen molar-refractivity contribution in [2.24, 2.45) is 0 Å². The molecule has 1 fully saturated rings. The second-order valence-corrected chi connectivity index (χ2v) is 6.12. The Hall–Kier alpha value is -2.90. The molecule has 0 unspecified atom stereocenters. The molecule has 1 aromatic heterocycles. The highest BCUT2D eigenvalue weighted by Gasteiger charge is 2.28. The lowest BCUT2D eigenvalue weighted by Gasteiger charge is -2.22. The maximum atomic E-state index is 12.5. The quantitative estimate of drug-likeness (QED) is 0.824. The van der Waals surface area contributed by atoms with Gasteiger partial charge < -0.3 is 14.2 Å². The van der Waals surface area contributed by atoms with Gasteiger partial charge in [-0.15, -0.1) is 10.2 Å². The lowest BCUT2D eigenvalue weighted by molar-refractivity contribution is -0.131. The zero-order valence-electron chi connectivity index (χ0n) is 13.8. The number of hydrogen-bond donors (Lipinski definition) is 0. The first-order chi connectivity index (χ1) is 12.2. The number of carbonyl (C=O) groups excluding carboxylic acids is 2. The number of amides is 2. The predicted molar refractivity (Wildman–Crippen MR) is 88.7 cm³/mol. The molecule has 3 heterocycles. The van der Waals surface area contributed by atoms with Crippen LogP contribution in [0.2, 0.25) is 0 Å². The molecule has 2 amide bonds. The number of carbonyl (C=O) groups is 2. The summed E-state index contributed by atoms with van der Waals surface area (Å²) in [6, 6.07) is 9.92. The summed E-state index contributed by atoms with van der Waals surface area (Å²) in [5, 5.41) is 8.61. The molecular formula is C17H19N5O3. The first kappa shape index (κ1) is 15.6. The molecule has 2 aliphatic rings. The number of ether oxygens (including phenoxy) is 1. The monoisotopic (exact) mass is 341 g/mol. The molecule has 1 aromatic carbocycles. The Morgan fingerprint density at radius 1 is 1.08 bits per heavy atom. The van der Waals surface area contributed by atoms with Gasteiger partial charge in [-0.2, -0.15) is 0 Å². The summed E-state index contributed by atoms with van der Waals surface area (Å²) in [4.78, 5) is 27.3. The van der Waals surface area contributed by atoms with E-state index in [4.69, 9.17) is 4.74 Å². The van der Waals surface area contributed by atoms with Gasteiger partial charge in [-0.05, 0) is 0 Å². The van der Waals surface area contributed by atoms with Crippen LogP contribution in [0.25, 0.3) is 11.4 Å². The normalized spacial score (nSPS) is 17.2. The summed E-state index contributed by atoms with van der Waals surface area (Å²) < 4.78 is 6.95. The zero-order valence-corrected chi connectivity index (χ0v) is 13.8. The van der Waals surface area contributed by atoms with Gasteiger partial charge in [-0.1, -0.05) is 30.3 Å². The standard InChI is InChI=1S/C17H19N5O3/c23-15(12-21-10-11-25-17(21)24)20-7-6-14-18-19-16(22(14)9-8-20)13-4-2-1-3-5-13/h1-5H,6-12H2. The van der Waals surface area contributed by atoms with Gasteiger partial charge >= 0.3 is 6.09 Å². The van der Waals surface area contributed by atoms with Crippen LogP contribution in [0, 0.1) is 0 Å². The lowest BCUT2D eigenvalue weighted by Crippen LogP contribution is -2.42. The van der Waals surface area contributed by atoms with Gasteiger partial charge in [0.1, 0.15) is 19.0 Å². The Morgan fingerprint density at radius 3 is 2.68 bits per heavy atom. The van der Waals surface area contributed by atoms with Crippen LogP contribution in [0.4, 0.5) is 4.79 Å². The highest BCUT2D eigenvalue weighted by molar-refractivity contribution is 5.83. The van der Waals surface area contributed by atoms with Crippen LogP contribution in [0.5, 0.6) is 0 Å². The van der Waals surface area contributed by atoms with Gasteiger partial charge in [0.05, 0.1) is 6.54 Å². The summed E-state index contributed by atoms with van der Waals surface area (Å²) in [5.41, 5.74) is 1.01. The molecule has 4 rings (SSSR count). The van der Waals surface area contributed by atoms with E-state index in [-0.39, 0.29) is 12.5 Å². The smallest absolute Gasteiger partial charge is 0.410 e. The van der Waals surface area contributed by atoms with Crippen molar-refractivity contribution in [1.82, 2.24) is 24.6 Å². The number of cyclic esters (lactones) is 1. The maximum absolute atomic E-state index is 12.5. The van der Waals surface area contributed by atoms with Crippen molar-refractivity contribution in [3.05, 3.63) is 36.2 Å². The highest BCUT2D eigenvalue weighted by atomic mass is 16.6. The van der Waals surface area contributed by atoms with Crippen molar-refractivity contribution < 1.29 is 14.3 Å². The van der Waals surface area contributed by atoms with E-state index in [2.05, 4.69) is 14.8 Å². The van der Waals surface area contributed by atoms with Crippen LogP contribution >= 0.6 is 0 Å². The van der Waals surface area contributed by atoms with Crippen molar-refractivity contribution in [1.29, 1.82) is 0 Å². The summed E-state index contributed by atoms with van der Waals surface area (Å²) in [6.07, 6.45) is 0.238. The summed E-state index contributed by atoms with van der Waals surface area (Å²) in [6.45, 7) is 2.70. The van der Waals surface area contributed by atoms with Crippen LogP contribution in [0.1, 0.15) is 5.82 Å². The molecule has 0 spiro atoms. The molecule has 0 radical (unpaired) electrons. The van der Waals surface area contributed by atoms with Crippen molar-refractivity contribution in [3.8, 4) is 11.4 Å². The van der Waals surface area contributed by atoms with Gasteiger partial charge in [-0.3, -0.25) is 9.69 Å². The number of aromatic nitrogens is 3. The number of benzene rings is 1. The summed E-state index contributed by atoms with van der Waals surface area (Å²) in [5.74, 6) is 1.65. The highest BCUT2D eigenvalue weighted by Crippen LogP contribution is 2.20. The van der Waals surface area contributed by atoms with Crippen molar-refractivity contribution in [2.45, 2.75) is 13.0 Å². The van der Waals surface area contributed by atoms with E-state index in [1.807, 2.05) is 30.3 Å². The second kappa shape index (κ2) is 6.54. The maximum Gasteiger partial charge on any atom is 0.410 e. The van der Waals surface area contributed by atoms with Crippen molar-refractivity contribution in [2.75, 3.05) is 32.8 Å². The topological polar surface area (TPSA) is 80.6 Å². The van der Waals surface area contributed by atoms with Gasteiger partial charge in [-0.25, -0.2) is 4.79 Å². The lowest BCUT2D eigenvalue weighted by atomic mass is 10.2. The number of hydrogen-bond acceptors (Lipinski definition) is 5. The van der Waals surface area contributed by atoms with Crippen molar-refractivity contribution >= 4 is 12.0 Å². The SMILES string of the molecule is O=C(CN1CCOC1=O)N1CCc2nnc(-c3ccccc3)n2CC1. The van der Waals surface area contributed by atoms with Crippen LogP contribution < -0.4 is 0 Å². The average molecular weight is 341 g/mol. The van der Waals surface area contributed by atoms with E-state index < -0.39 is 6.09 Å². The van der Waals surface area contributed by atoms with Crippen LogP contribution in [-0.2, 0) is 22.5 Å². The molecule has 1 saturated heterocycles. The third kappa shape index (κ3) is 3.07. The largest absolute Gasteiger partial charge is 0.448 e. The van der Waals surface area contributed by atoms with Crippen LogP contribution in [0.3, 0.4) is 0 Å². The van der Waals surface area contributed by atoms with E-state index in [9.17, 15) is 9.59 Å². The van der Waals surface area contributed by atoms with Crippen molar-refractivity contribution in [3.63, 3.8) is 0 Å². The average Bonchev–Trinajstić information content (AvgIpc) is 3.16. The molecule has 0 saturated carbocycles. The molecule has 25 heavy (non-hydrogen) atoms. The number of nitrogens with zero attached hydrogens (tertiary/aromatic N) is 5. The fraction of sp³-hybridized carbons (Fsp3) is 0.412. The number of fused-ring (bicyclic) bond motifs is 1.